The zero-order valence-corrected chi connectivity index (χ0v) is 21.1. The Balaban J connectivity index is 1.65. The number of aliphatic imine (C=N–C) groups is 1. The third-order valence-electron chi connectivity index (χ3n) is 6.15. The number of aliphatic carboxylic acids is 1. The fourth-order valence-electron chi connectivity index (χ4n) is 4.04. The summed E-state index contributed by atoms with van der Waals surface area (Å²) < 4.78 is 39.5. The maximum absolute atomic E-state index is 13.6. The van der Waals surface area contributed by atoms with Gasteiger partial charge in [-0.05, 0) is 69.6 Å². The molecule has 11 heteroatoms. The normalized spacial score (nSPS) is 22.9. The zero-order valence-electron chi connectivity index (χ0n) is 19.4. The van der Waals surface area contributed by atoms with E-state index in [1.807, 2.05) is 0 Å². The van der Waals surface area contributed by atoms with Crippen molar-refractivity contribution in [2.45, 2.75) is 68.2 Å². The van der Waals surface area contributed by atoms with Gasteiger partial charge in [-0.25, -0.2) is 18.0 Å². The number of nitrogens with one attached hydrogen (secondary N) is 1. The molecule has 1 aliphatic heterocycles. The van der Waals surface area contributed by atoms with Crippen molar-refractivity contribution < 1.29 is 27.9 Å². The fourth-order valence-corrected chi connectivity index (χ4v) is 6.82. The molecule has 0 bridgehead atoms. The van der Waals surface area contributed by atoms with Gasteiger partial charge in [0.05, 0.1) is 11.1 Å². The SMILES string of the molecule is CC(C)(SC1CN=C(NC(=O)N(CCc2cc(F)c(F)c(F)c2)[C@H]2CC[C@H](C)CC2)S1)C(=O)O. The molecule has 188 valence electrons. The molecule has 1 aromatic carbocycles. The Labute approximate surface area is 206 Å². The summed E-state index contributed by atoms with van der Waals surface area (Å²) in [6, 6.07) is 1.55. The highest BCUT2D eigenvalue weighted by atomic mass is 32.2. The van der Waals surface area contributed by atoms with Crippen LogP contribution in [0.1, 0.15) is 52.0 Å². The Kier molecular flexibility index (Phi) is 8.83. The molecule has 1 saturated carbocycles. The van der Waals surface area contributed by atoms with Crippen LogP contribution >= 0.6 is 23.5 Å². The number of thioether (sulfide) groups is 2. The number of amidine groups is 1. The second-order valence-electron chi connectivity index (χ2n) is 9.29. The van der Waals surface area contributed by atoms with Crippen molar-refractivity contribution in [1.29, 1.82) is 0 Å². The lowest BCUT2D eigenvalue weighted by Crippen LogP contribution is -2.49. The van der Waals surface area contributed by atoms with Crippen molar-refractivity contribution in [2.75, 3.05) is 13.1 Å². The van der Waals surface area contributed by atoms with E-state index in [-0.39, 0.29) is 35.2 Å². The first kappa shape index (κ1) is 26.7. The van der Waals surface area contributed by atoms with Gasteiger partial charge in [-0.3, -0.25) is 15.1 Å². The number of urea groups is 1. The van der Waals surface area contributed by atoms with Crippen LogP contribution < -0.4 is 5.32 Å². The summed E-state index contributed by atoms with van der Waals surface area (Å²) >= 11 is 2.60. The van der Waals surface area contributed by atoms with Crippen LogP contribution in [0.5, 0.6) is 0 Å². The molecule has 2 N–H and O–H groups in total. The monoisotopic (exact) mass is 517 g/mol. The standard InChI is InChI=1S/C23H30F3N3O3S2/c1-13-4-6-15(7-5-13)29(9-8-14-10-16(24)19(26)17(25)11-14)22(32)28-21-27-12-18(33-21)34-23(2,3)20(30)31/h10-11,13,15,18H,4-9,12H2,1-3H3,(H,30,31)(H,27,28,32)/t13-,15-,18?. The second-order valence-corrected chi connectivity index (χ2v) is 12.6. The summed E-state index contributed by atoms with van der Waals surface area (Å²) in [6.07, 6.45) is 3.79. The smallest absolute Gasteiger partial charge is 0.323 e. The summed E-state index contributed by atoms with van der Waals surface area (Å²) in [7, 11) is 0. The van der Waals surface area contributed by atoms with Crippen molar-refractivity contribution in [3.8, 4) is 0 Å². The first-order chi connectivity index (χ1) is 16.0. The summed E-state index contributed by atoms with van der Waals surface area (Å²) in [5.74, 6) is -4.34. The van der Waals surface area contributed by atoms with E-state index in [0.717, 1.165) is 37.8 Å². The lowest BCUT2D eigenvalue weighted by atomic mass is 9.86. The van der Waals surface area contributed by atoms with Gasteiger partial charge >= 0.3 is 12.0 Å². The molecule has 6 nitrogen and oxygen atoms in total. The molecule has 2 amide bonds. The van der Waals surface area contributed by atoms with E-state index in [2.05, 4.69) is 17.2 Å². The molecule has 1 atom stereocenters. The molecule has 0 spiro atoms. The predicted octanol–water partition coefficient (Wildman–Crippen LogP) is 5.26. The van der Waals surface area contributed by atoms with Gasteiger partial charge in [-0.15, -0.1) is 11.8 Å². The Bertz CT molecular complexity index is 930. The van der Waals surface area contributed by atoms with E-state index in [4.69, 9.17) is 0 Å². The quantitative estimate of drug-likeness (QED) is 0.482. The van der Waals surface area contributed by atoms with E-state index in [1.54, 1.807) is 18.7 Å². The van der Waals surface area contributed by atoms with Crippen LogP contribution in [0.4, 0.5) is 18.0 Å². The highest BCUT2D eigenvalue weighted by Crippen LogP contribution is 2.38. The maximum atomic E-state index is 13.6. The minimum atomic E-state index is -1.51. The number of hydrogen-bond acceptors (Lipinski definition) is 5. The molecule has 0 aromatic heterocycles. The van der Waals surface area contributed by atoms with E-state index < -0.39 is 28.2 Å². The maximum Gasteiger partial charge on any atom is 0.323 e. The number of carbonyl (C=O) groups excluding carboxylic acids is 1. The topological polar surface area (TPSA) is 82.0 Å². The number of carboxylic acids is 1. The number of carbonyl (C=O) groups is 2. The van der Waals surface area contributed by atoms with Crippen LogP contribution in [0.3, 0.4) is 0 Å². The number of amides is 2. The minimum Gasteiger partial charge on any atom is -0.480 e. The van der Waals surface area contributed by atoms with Gasteiger partial charge in [0.2, 0.25) is 0 Å². The molecule has 1 aliphatic carbocycles. The highest BCUT2D eigenvalue weighted by molar-refractivity contribution is 8.25. The summed E-state index contributed by atoms with van der Waals surface area (Å²) in [5, 5.41) is 12.6. The summed E-state index contributed by atoms with van der Waals surface area (Å²) in [4.78, 5) is 30.6. The Hall–Kier alpha value is -1.88. The second kappa shape index (κ2) is 11.2. The van der Waals surface area contributed by atoms with Gasteiger partial charge < -0.3 is 10.0 Å². The van der Waals surface area contributed by atoms with Gasteiger partial charge in [0.1, 0.15) is 4.75 Å². The first-order valence-electron chi connectivity index (χ1n) is 11.3. The van der Waals surface area contributed by atoms with E-state index in [0.29, 0.717) is 17.6 Å². The molecule has 3 rings (SSSR count). The van der Waals surface area contributed by atoms with Gasteiger partial charge in [0, 0.05) is 12.6 Å². The number of nitrogens with zero attached hydrogens (tertiary/aromatic N) is 2. The molecular formula is C23H30F3N3O3S2. The van der Waals surface area contributed by atoms with Crippen LogP contribution in [-0.2, 0) is 11.2 Å². The van der Waals surface area contributed by atoms with Gasteiger partial charge in [-0.1, -0.05) is 18.7 Å². The predicted molar refractivity (Wildman–Crippen MR) is 130 cm³/mol. The molecule has 1 heterocycles. The number of rotatable bonds is 7. The van der Waals surface area contributed by atoms with Crippen molar-refractivity contribution in [1.82, 2.24) is 10.2 Å². The number of carboxylic acid groups (broad SMARTS) is 1. The van der Waals surface area contributed by atoms with Gasteiger partial charge in [0.15, 0.2) is 22.6 Å². The van der Waals surface area contributed by atoms with Crippen LogP contribution in [0.2, 0.25) is 0 Å². The van der Waals surface area contributed by atoms with Crippen molar-refractivity contribution in [2.24, 2.45) is 10.9 Å². The molecular weight excluding hydrogens is 487 g/mol. The van der Waals surface area contributed by atoms with Crippen LogP contribution in [0.15, 0.2) is 17.1 Å². The average Bonchev–Trinajstić information content (AvgIpc) is 3.19. The van der Waals surface area contributed by atoms with Crippen molar-refractivity contribution in [3.05, 3.63) is 35.1 Å². The third kappa shape index (κ3) is 6.84. The molecule has 1 aromatic rings. The number of benzene rings is 1. The lowest BCUT2D eigenvalue weighted by Gasteiger charge is -2.36. The highest BCUT2D eigenvalue weighted by Gasteiger charge is 2.35. The Morgan fingerprint density at radius 2 is 1.82 bits per heavy atom. The van der Waals surface area contributed by atoms with Crippen LogP contribution in [0.25, 0.3) is 0 Å². The number of hydrogen-bond donors (Lipinski definition) is 2. The zero-order chi connectivity index (χ0) is 25.0. The molecule has 2 aliphatic rings. The molecule has 1 unspecified atom stereocenters. The molecule has 1 fully saturated rings. The van der Waals surface area contributed by atoms with Crippen LogP contribution in [0, 0.1) is 23.4 Å². The first-order valence-corrected chi connectivity index (χ1v) is 13.1. The van der Waals surface area contributed by atoms with E-state index in [1.165, 1.54) is 23.5 Å². The van der Waals surface area contributed by atoms with Crippen LogP contribution in [-0.4, -0.2) is 55.6 Å². The molecule has 0 saturated heterocycles. The Morgan fingerprint density at radius 3 is 2.41 bits per heavy atom. The summed E-state index contributed by atoms with van der Waals surface area (Å²) in [6.45, 7) is 6.04. The number of halogens is 3. The molecule has 34 heavy (non-hydrogen) atoms. The van der Waals surface area contributed by atoms with E-state index in [9.17, 15) is 27.9 Å². The van der Waals surface area contributed by atoms with Gasteiger partial charge in [-0.2, -0.15) is 0 Å². The largest absolute Gasteiger partial charge is 0.480 e. The Morgan fingerprint density at radius 1 is 1.21 bits per heavy atom. The van der Waals surface area contributed by atoms with Crippen molar-refractivity contribution >= 4 is 40.7 Å². The van der Waals surface area contributed by atoms with E-state index >= 15 is 0 Å². The third-order valence-corrected chi connectivity index (χ3v) is 8.77. The molecule has 0 radical (unpaired) electrons. The fraction of sp³-hybridized carbons (Fsp3) is 0.609. The summed E-state index contributed by atoms with van der Waals surface area (Å²) in [5.41, 5.74) is 0.276. The van der Waals surface area contributed by atoms with Gasteiger partial charge in [0.25, 0.3) is 0 Å². The minimum absolute atomic E-state index is 0.0190. The average molecular weight is 518 g/mol. The lowest BCUT2D eigenvalue weighted by molar-refractivity contribution is -0.138. The van der Waals surface area contributed by atoms with Crippen molar-refractivity contribution in [3.63, 3.8) is 0 Å².